The van der Waals surface area contributed by atoms with Crippen molar-refractivity contribution in [3.8, 4) is 0 Å². The van der Waals surface area contributed by atoms with E-state index in [-0.39, 0.29) is 0 Å². The molecule has 0 amide bonds. The molecule has 3 heteroatoms. The third-order valence-electron chi connectivity index (χ3n) is 4.09. The quantitative estimate of drug-likeness (QED) is 0.721. The first-order valence-corrected chi connectivity index (χ1v) is 6.45. The van der Waals surface area contributed by atoms with Gasteiger partial charge in [-0.25, -0.2) is 0 Å². The molecule has 88 valence electrons. The van der Waals surface area contributed by atoms with E-state index < -0.39 is 0 Å². The number of hydrogen-bond donors (Lipinski definition) is 2. The van der Waals surface area contributed by atoms with Crippen molar-refractivity contribution in [3.05, 3.63) is 0 Å². The molecule has 0 aromatic heterocycles. The predicted molar refractivity (Wildman–Crippen MR) is 61.7 cm³/mol. The first-order valence-electron chi connectivity index (χ1n) is 6.45. The van der Waals surface area contributed by atoms with Crippen LogP contribution in [-0.4, -0.2) is 41.3 Å². The summed E-state index contributed by atoms with van der Waals surface area (Å²) in [6.45, 7) is 1.45. The van der Waals surface area contributed by atoms with Crippen molar-refractivity contribution in [2.75, 3.05) is 13.2 Å². The van der Waals surface area contributed by atoms with E-state index in [1.165, 1.54) is 38.5 Å². The van der Waals surface area contributed by atoms with Crippen molar-refractivity contribution in [2.24, 2.45) is 5.73 Å². The summed E-state index contributed by atoms with van der Waals surface area (Å²) in [4.78, 5) is 2.50. The lowest BCUT2D eigenvalue weighted by Gasteiger charge is -2.36. The van der Waals surface area contributed by atoms with Gasteiger partial charge in [0, 0.05) is 18.1 Å². The van der Waals surface area contributed by atoms with Crippen molar-refractivity contribution in [2.45, 2.75) is 63.1 Å². The molecule has 0 radical (unpaired) electrons. The molecule has 2 rings (SSSR count). The Kier molecular flexibility index (Phi) is 4.00. The van der Waals surface area contributed by atoms with Gasteiger partial charge in [-0.15, -0.1) is 0 Å². The number of aliphatic hydroxyl groups is 1. The highest BCUT2D eigenvalue weighted by Crippen LogP contribution is 2.28. The molecule has 1 aliphatic carbocycles. The summed E-state index contributed by atoms with van der Waals surface area (Å²) in [6.07, 6.45) is 8.68. The van der Waals surface area contributed by atoms with Gasteiger partial charge in [0.1, 0.15) is 0 Å². The third kappa shape index (κ3) is 2.52. The first-order chi connectivity index (χ1) is 7.33. The highest BCUT2D eigenvalue weighted by atomic mass is 16.3. The molecule has 2 aliphatic rings. The van der Waals surface area contributed by atoms with Crippen molar-refractivity contribution in [1.29, 1.82) is 0 Å². The maximum absolute atomic E-state index is 9.45. The van der Waals surface area contributed by atoms with Gasteiger partial charge in [0.05, 0.1) is 6.61 Å². The van der Waals surface area contributed by atoms with E-state index in [1.54, 1.807) is 0 Å². The van der Waals surface area contributed by atoms with Gasteiger partial charge in [0.2, 0.25) is 0 Å². The molecule has 15 heavy (non-hydrogen) atoms. The van der Waals surface area contributed by atoms with Crippen LogP contribution in [0.25, 0.3) is 0 Å². The summed E-state index contributed by atoms with van der Waals surface area (Å²) in [7, 11) is 0. The zero-order valence-electron chi connectivity index (χ0n) is 9.57. The van der Waals surface area contributed by atoms with Gasteiger partial charge in [-0.3, -0.25) is 4.90 Å². The van der Waals surface area contributed by atoms with E-state index in [1.807, 2.05) is 0 Å². The standard InChI is InChI=1S/C12H24N2O/c13-11-6-4-7-12(11)14-8-3-1-2-5-10(14)9-15/h10-12,15H,1-9,13H2. The van der Waals surface area contributed by atoms with E-state index in [0.29, 0.717) is 24.7 Å². The Morgan fingerprint density at radius 1 is 1.07 bits per heavy atom. The second kappa shape index (κ2) is 5.28. The van der Waals surface area contributed by atoms with Gasteiger partial charge in [0.25, 0.3) is 0 Å². The van der Waals surface area contributed by atoms with Crippen LogP contribution < -0.4 is 5.73 Å². The fourth-order valence-electron chi connectivity index (χ4n) is 3.21. The molecule has 3 unspecified atom stereocenters. The van der Waals surface area contributed by atoms with Gasteiger partial charge >= 0.3 is 0 Å². The number of nitrogens with zero attached hydrogens (tertiary/aromatic N) is 1. The zero-order chi connectivity index (χ0) is 10.7. The lowest BCUT2D eigenvalue weighted by molar-refractivity contribution is 0.0803. The van der Waals surface area contributed by atoms with Crippen LogP contribution in [-0.2, 0) is 0 Å². The third-order valence-corrected chi connectivity index (χ3v) is 4.09. The molecule has 3 N–H and O–H groups in total. The molecule has 1 heterocycles. The summed E-state index contributed by atoms with van der Waals surface area (Å²) in [5.41, 5.74) is 6.15. The molecule has 0 bridgehead atoms. The lowest BCUT2D eigenvalue weighted by Crippen LogP contribution is -2.50. The lowest BCUT2D eigenvalue weighted by atomic mass is 10.1. The molecule has 0 aromatic rings. The Hall–Kier alpha value is -0.120. The van der Waals surface area contributed by atoms with Crippen molar-refractivity contribution >= 4 is 0 Å². The highest BCUT2D eigenvalue weighted by molar-refractivity contribution is 4.91. The van der Waals surface area contributed by atoms with E-state index >= 15 is 0 Å². The summed E-state index contributed by atoms with van der Waals surface area (Å²) in [6, 6.07) is 1.26. The van der Waals surface area contributed by atoms with Gasteiger partial charge in [-0.2, -0.15) is 0 Å². The Bertz CT molecular complexity index is 198. The Morgan fingerprint density at radius 2 is 1.93 bits per heavy atom. The molecule has 0 aromatic carbocycles. The minimum Gasteiger partial charge on any atom is -0.395 e. The Morgan fingerprint density at radius 3 is 2.60 bits per heavy atom. The van der Waals surface area contributed by atoms with Crippen LogP contribution in [0.1, 0.15) is 44.9 Å². The number of aliphatic hydroxyl groups excluding tert-OH is 1. The zero-order valence-corrected chi connectivity index (χ0v) is 9.57. The molecule has 0 spiro atoms. The van der Waals surface area contributed by atoms with Crippen LogP contribution in [0.4, 0.5) is 0 Å². The fraction of sp³-hybridized carbons (Fsp3) is 1.00. The maximum Gasteiger partial charge on any atom is 0.0586 e. The van der Waals surface area contributed by atoms with Crippen LogP contribution in [0.2, 0.25) is 0 Å². The van der Waals surface area contributed by atoms with Crippen molar-refractivity contribution in [3.63, 3.8) is 0 Å². The van der Waals surface area contributed by atoms with E-state index in [9.17, 15) is 5.11 Å². The molecule has 1 saturated carbocycles. The topological polar surface area (TPSA) is 49.5 Å². The molecular formula is C12H24N2O. The average molecular weight is 212 g/mol. The number of nitrogens with two attached hydrogens (primary N) is 1. The van der Waals surface area contributed by atoms with Gasteiger partial charge < -0.3 is 10.8 Å². The fourth-order valence-corrected chi connectivity index (χ4v) is 3.21. The van der Waals surface area contributed by atoms with E-state index in [2.05, 4.69) is 4.90 Å². The Balaban J connectivity index is 2.02. The highest BCUT2D eigenvalue weighted by Gasteiger charge is 2.33. The summed E-state index contributed by atoms with van der Waals surface area (Å²) in [5.74, 6) is 0. The normalized spacial score (nSPS) is 39.2. The van der Waals surface area contributed by atoms with Gasteiger partial charge in [-0.05, 0) is 32.2 Å². The van der Waals surface area contributed by atoms with Crippen molar-refractivity contribution < 1.29 is 5.11 Å². The maximum atomic E-state index is 9.45. The minimum atomic E-state index is 0.309. The average Bonchev–Trinajstić information content (AvgIpc) is 2.54. The van der Waals surface area contributed by atoms with Crippen molar-refractivity contribution in [1.82, 2.24) is 4.90 Å². The molecule has 3 atom stereocenters. The first kappa shape index (κ1) is 11.4. The molecule has 3 nitrogen and oxygen atoms in total. The smallest absolute Gasteiger partial charge is 0.0586 e. The van der Waals surface area contributed by atoms with Crippen LogP contribution in [0.5, 0.6) is 0 Å². The second-order valence-corrected chi connectivity index (χ2v) is 5.09. The molecule has 1 saturated heterocycles. The molecule has 2 fully saturated rings. The summed E-state index contributed by atoms with van der Waals surface area (Å²) < 4.78 is 0. The van der Waals surface area contributed by atoms with Gasteiger partial charge in [0.15, 0.2) is 0 Å². The summed E-state index contributed by atoms with van der Waals surface area (Å²) in [5, 5.41) is 9.45. The Labute approximate surface area is 92.6 Å². The molecular weight excluding hydrogens is 188 g/mol. The second-order valence-electron chi connectivity index (χ2n) is 5.09. The van der Waals surface area contributed by atoms with E-state index in [0.717, 1.165) is 13.0 Å². The summed E-state index contributed by atoms with van der Waals surface area (Å²) >= 11 is 0. The van der Waals surface area contributed by atoms with Crippen LogP contribution in [0, 0.1) is 0 Å². The van der Waals surface area contributed by atoms with Crippen LogP contribution >= 0.6 is 0 Å². The SMILES string of the molecule is NC1CCCC1N1CCCCCC1CO. The predicted octanol–water partition coefficient (Wildman–Crippen LogP) is 1.10. The molecule has 1 aliphatic heterocycles. The van der Waals surface area contributed by atoms with Gasteiger partial charge in [-0.1, -0.05) is 19.3 Å². The minimum absolute atomic E-state index is 0.309. The van der Waals surface area contributed by atoms with Crippen LogP contribution in [0.3, 0.4) is 0 Å². The number of hydrogen-bond acceptors (Lipinski definition) is 3. The van der Waals surface area contributed by atoms with E-state index in [4.69, 9.17) is 5.73 Å². The monoisotopic (exact) mass is 212 g/mol. The number of rotatable bonds is 2. The largest absolute Gasteiger partial charge is 0.395 e. The number of likely N-dealkylation sites (tertiary alicyclic amines) is 1. The van der Waals surface area contributed by atoms with Crippen LogP contribution in [0.15, 0.2) is 0 Å².